The Hall–Kier alpha value is -3.19. The van der Waals surface area contributed by atoms with Crippen molar-refractivity contribution in [2.24, 2.45) is 5.16 Å². The molecule has 6 nitrogen and oxygen atoms in total. The highest BCUT2D eigenvalue weighted by Gasteiger charge is 2.13. The van der Waals surface area contributed by atoms with Crippen LogP contribution < -0.4 is 18.9 Å². The van der Waals surface area contributed by atoms with Gasteiger partial charge in [-0.05, 0) is 51.3 Å². The summed E-state index contributed by atoms with van der Waals surface area (Å²) in [5.41, 5.74) is 2.67. The van der Waals surface area contributed by atoms with E-state index in [4.69, 9.17) is 24.2 Å². The fourth-order valence-electron chi connectivity index (χ4n) is 2.83. The third kappa shape index (κ3) is 5.45. The number of rotatable bonds is 9. The molecule has 0 amide bonds. The normalized spacial score (nSPS) is 10.8. The maximum Gasteiger partial charge on any atom is 0.175 e. The Kier molecular flexibility index (Phi) is 7.57. The molecule has 0 unspecified atom stereocenters. The Morgan fingerprint density at radius 3 is 2.27 bits per heavy atom. The highest BCUT2D eigenvalue weighted by atomic mass is 79.9. The first-order valence-electron chi connectivity index (χ1n) is 9.16. The zero-order chi connectivity index (χ0) is 21.3. The van der Waals surface area contributed by atoms with Crippen LogP contribution in [-0.2, 0) is 13.2 Å². The Bertz CT molecular complexity index is 1010. The largest absolute Gasteiger partial charge is 0.493 e. The van der Waals surface area contributed by atoms with Crippen LogP contribution in [0.3, 0.4) is 0 Å². The molecule has 0 heterocycles. The summed E-state index contributed by atoms with van der Waals surface area (Å²) >= 11 is 3.47. The van der Waals surface area contributed by atoms with Gasteiger partial charge in [-0.2, -0.15) is 0 Å². The number of methoxy groups -OCH3 is 2. The van der Waals surface area contributed by atoms with E-state index in [-0.39, 0.29) is 0 Å². The minimum absolute atomic E-state index is 0.303. The van der Waals surface area contributed by atoms with E-state index in [1.54, 1.807) is 26.4 Å². The van der Waals surface area contributed by atoms with Crippen molar-refractivity contribution in [3.05, 3.63) is 81.8 Å². The number of ether oxygens (including phenoxy) is 4. The molecular formula is C23H22BrNO5. The van der Waals surface area contributed by atoms with Gasteiger partial charge in [-0.1, -0.05) is 41.6 Å². The van der Waals surface area contributed by atoms with Crippen LogP contribution in [0.2, 0.25) is 0 Å². The van der Waals surface area contributed by atoms with Gasteiger partial charge in [0, 0.05) is 5.56 Å². The Morgan fingerprint density at radius 1 is 0.833 bits per heavy atom. The van der Waals surface area contributed by atoms with Crippen molar-refractivity contribution in [1.82, 2.24) is 0 Å². The van der Waals surface area contributed by atoms with Crippen LogP contribution in [0.5, 0.6) is 23.0 Å². The fraction of sp³-hybridized carbons (Fsp3) is 0.174. The van der Waals surface area contributed by atoms with Crippen molar-refractivity contribution in [2.45, 2.75) is 13.2 Å². The van der Waals surface area contributed by atoms with E-state index in [1.807, 2.05) is 48.5 Å². The minimum atomic E-state index is 0.303. The molecule has 3 aromatic carbocycles. The zero-order valence-corrected chi connectivity index (χ0v) is 18.3. The molecule has 3 aromatic rings. The second kappa shape index (κ2) is 10.5. The van der Waals surface area contributed by atoms with Crippen LogP contribution in [-0.4, -0.2) is 25.6 Å². The lowest BCUT2D eigenvalue weighted by Gasteiger charge is -2.15. The molecule has 0 saturated heterocycles. The Balaban J connectivity index is 1.71. The second-order valence-corrected chi connectivity index (χ2v) is 7.18. The Morgan fingerprint density at radius 2 is 1.57 bits per heavy atom. The molecule has 0 atom stereocenters. The fourth-order valence-corrected chi connectivity index (χ4v) is 3.41. The van der Waals surface area contributed by atoms with Crippen LogP contribution in [0.1, 0.15) is 16.7 Å². The van der Waals surface area contributed by atoms with Gasteiger partial charge in [-0.15, -0.1) is 0 Å². The molecule has 30 heavy (non-hydrogen) atoms. The first-order chi connectivity index (χ1) is 14.6. The maximum absolute atomic E-state index is 8.73. The van der Waals surface area contributed by atoms with Crippen molar-refractivity contribution in [1.29, 1.82) is 0 Å². The van der Waals surface area contributed by atoms with Crippen LogP contribution in [0.15, 0.2) is 70.3 Å². The smallest absolute Gasteiger partial charge is 0.175 e. The van der Waals surface area contributed by atoms with Gasteiger partial charge in [0.1, 0.15) is 13.2 Å². The molecule has 0 aliphatic carbocycles. The van der Waals surface area contributed by atoms with Gasteiger partial charge in [0.15, 0.2) is 23.0 Å². The number of hydrogen-bond acceptors (Lipinski definition) is 6. The molecule has 3 rings (SSSR count). The zero-order valence-electron chi connectivity index (χ0n) is 16.7. The lowest BCUT2D eigenvalue weighted by molar-refractivity contribution is 0.275. The van der Waals surface area contributed by atoms with Crippen LogP contribution in [0.25, 0.3) is 0 Å². The highest BCUT2D eigenvalue weighted by Crippen LogP contribution is 2.37. The lowest BCUT2D eigenvalue weighted by Crippen LogP contribution is -2.02. The molecule has 0 bridgehead atoms. The molecule has 156 valence electrons. The topological polar surface area (TPSA) is 69.5 Å². The van der Waals surface area contributed by atoms with Crippen molar-refractivity contribution in [2.75, 3.05) is 14.2 Å². The number of halogens is 1. The monoisotopic (exact) mass is 471 g/mol. The predicted molar refractivity (Wildman–Crippen MR) is 118 cm³/mol. The van der Waals surface area contributed by atoms with E-state index < -0.39 is 0 Å². The summed E-state index contributed by atoms with van der Waals surface area (Å²) in [7, 11) is 3.16. The molecule has 0 saturated carbocycles. The maximum atomic E-state index is 8.73. The van der Waals surface area contributed by atoms with E-state index in [9.17, 15) is 0 Å². The number of oxime groups is 1. The molecule has 0 aliphatic heterocycles. The van der Waals surface area contributed by atoms with E-state index in [1.165, 1.54) is 6.21 Å². The van der Waals surface area contributed by atoms with Crippen LogP contribution in [0.4, 0.5) is 0 Å². The van der Waals surface area contributed by atoms with E-state index in [0.29, 0.717) is 46.2 Å². The summed E-state index contributed by atoms with van der Waals surface area (Å²) in [5.74, 6) is 2.37. The highest BCUT2D eigenvalue weighted by molar-refractivity contribution is 9.10. The molecule has 0 radical (unpaired) electrons. The molecule has 0 aliphatic rings. The average Bonchev–Trinajstić information content (AvgIpc) is 2.77. The van der Waals surface area contributed by atoms with Crippen LogP contribution in [0, 0.1) is 0 Å². The number of benzene rings is 3. The van der Waals surface area contributed by atoms with Gasteiger partial charge in [-0.3, -0.25) is 0 Å². The van der Waals surface area contributed by atoms with Crippen molar-refractivity contribution in [3.8, 4) is 23.0 Å². The standard InChI is InChI=1S/C23H22BrNO5/c1-27-21-11-17(8-9-20(21)29-14-16-6-4-3-5-7-16)15-30-23-19(24)10-18(13-25-26)12-22(23)28-2/h3-13,26H,14-15H2,1-2H3/b25-13+. The van der Waals surface area contributed by atoms with Gasteiger partial charge in [0.25, 0.3) is 0 Å². The summed E-state index contributed by atoms with van der Waals surface area (Å²) < 4.78 is 23.4. The summed E-state index contributed by atoms with van der Waals surface area (Å²) in [6, 6.07) is 19.1. The second-order valence-electron chi connectivity index (χ2n) is 6.33. The average molecular weight is 472 g/mol. The quantitative estimate of drug-likeness (QED) is 0.256. The summed E-state index contributed by atoms with van der Waals surface area (Å²) in [6.45, 7) is 0.762. The van der Waals surface area contributed by atoms with E-state index in [0.717, 1.165) is 11.1 Å². The third-order valence-corrected chi connectivity index (χ3v) is 4.90. The molecule has 0 fully saturated rings. The van der Waals surface area contributed by atoms with Crippen molar-refractivity contribution in [3.63, 3.8) is 0 Å². The third-order valence-electron chi connectivity index (χ3n) is 4.31. The first kappa shape index (κ1) is 21.5. The molecule has 1 N–H and O–H groups in total. The first-order valence-corrected chi connectivity index (χ1v) is 9.95. The van der Waals surface area contributed by atoms with Gasteiger partial charge >= 0.3 is 0 Å². The molecule has 7 heteroatoms. The molecule has 0 aromatic heterocycles. The van der Waals surface area contributed by atoms with Gasteiger partial charge in [-0.25, -0.2) is 0 Å². The lowest BCUT2D eigenvalue weighted by atomic mass is 10.2. The van der Waals surface area contributed by atoms with E-state index >= 15 is 0 Å². The van der Waals surface area contributed by atoms with E-state index in [2.05, 4.69) is 21.1 Å². The molecule has 0 spiro atoms. The van der Waals surface area contributed by atoms with Gasteiger partial charge in [0.05, 0.1) is 24.9 Å². The van der Waals surface area contributed by atoms with Gasteiger partial charge < -0.3 is 24.2 Å². The summed E-state index contributed by atoms with van der Waals surface area (Å²) in [6.07, 6.45) is 1.32. The Labute approximate surface area is 183 Å². The molecular weight excluding hydrogens is 450 g/mol. The van der Waals surface area contributed by atoms with Crippen molar-refractivity contribution < 1.29 is 24.2 Å². The number of nitrogens with zero attached hydrogens (tertiary/aromatic N) is 1. The number of hydrogen-bond donors (Lipinski definition) is 1. The summed E-state index contributed by atoms with van der Waals surface area (Å²) in [4.78, 5) is 0. The van der Waals surface area contributed by atoms with Gasteiger partial charge in [0.2, 0.25) is 0 Å². The summed E-state index contributed by atoms with van der Waals surface area (Å²) in [5, 5.41) is 11.8. The minimum Gasteiger partial charge on any atom is -0.493 e. The van der Waals surface area contributed by atoms with Crippen LogP contribution >= 0.6 is 15.9 Å². The predicted octanol–water partition coefficient (Wildman–Crippen LogP) is 5.43. The van der Waals surface area contributed by atoms with Crippen molar-refractivity contribution >= 4 is 22.1 Å². The SMILES string of the molecule is COc1cc(COc2c(Br)cc(/C=N/O)cc2OC)ccc1OCc1ccccc1.